The first kappa shape index (κ1) is 15.4. The van der Waals surface area contributed by atoms with E-state index in [2.05, 4.69) is 52.8 Å². The summed E-state index contributed by atoms with van der Waals surface area (Å²) in [5, 5.41) is 9.91. The van der Waals surface area contributed by atoms with E-state index in [-0.39, 0.29) is 0 Å². The van der Waals surface area contributed by atoms with Crippen molar-refractivity contribution in [3.05, 3.63) is 11.4 Å². The van der Waals surface area contributed by atoms with Gasteiger partial charge in [0.2, 0.25) is 5.95 Å². The molecule has 0 aromatic carbocycles. The first-order valence-electron chi connectivity index (χ1n) is 7.08. The Kier molecular flexibility index (Phi) is 5.91. The molecular weight excluding hydrogens is 288 g/mol. The van der Waals surface area contributed by atoms with Crippen molar-refractivity contribution >= 4 is 45.1 Å². The van der Waals surface area contributed by atoms with Gasteiger partial charge in [-0.05, 0) is 43.2 Å². The van der Waals surface area contributed by atoms with E-state index < -0.39 is 0 Å². The number of nitrogens with one attached hydrogen (secondary N) is 2. The largest absolute Gasteiger partial charge is 0.367 e. The van der Waals surface area contributed by atoms with Crippen LogP contribution >= 0.6 is 23.1 Å². The molecule has 0 aliphatic carbocycles. The van der Waals surface area contributed by atoms with Crippen LogP contribution in [0.1, 0.15) is 27.2 Å². The molecule has 0 saturated carbocycles. The Morgan fingerprint density at radius 1 is 1.35 bits per heavy atom. The van der Waals surface area contributed by atoms with Crippen molar-refractivity contribution in [1.82, 2.24) is 9.97 Å². The van der Waals surface area contributed by atoms with Crippen LogP contribution in [0.25, 0.3) is 10.2 Å². The normalized spacial score (nSPS) is 12.6. The predicted molar refractivity (Wildman–Crippen MR) is 92.3 cm³/mol. The first-order valence-corrected chi connectivity index (χ1v) is 9.11. The third-order valence-corrected chi connectivity index (χ3v) is 4.68. The lowest BCUT2D eigenvalue weighted by molar-refractivity contribution is 0.768. The molecule has 6 heteroatoms. The fourth-order valence-corrected chi connectivity index (χ4v) is 3.49. The Hall–Kier alpha value is -1.01. The summed E-state index contributed by atoms with van der Waals surface area (Å²) in [4.78, 5) is 10.2. The second-order valence-electron chi connectivity index (χ2n) is 4.60. The third-order valence-electron chi connectivity index (χ3n) is 2.94. The van der Waals surface area contributed by atoms with Gasteiger partial charge in [0.1, 0.15) is 10.6 Å². The molecule has 0 aliphatic rings. The summed E-state index contributed by atoms with van der Waals surface area (Å²) in [6.45, 7) is 7.30. The van der Waals surface area contributed by atoms with Gasteiger partial charge in [0.25, 0.3) is 0 Å². The van der Waals surface area contributed by atoms with Gasteiger partial charge >= 0.3 is 0 Å². The highest BCUT2D eigenvalue weighted by molar-refractivity contribution is 7.99. The number of hydrogen-bond donors (Lipinski definition) is 2. The summed E-state index contributed by atoms with van der Waals surface area (Å²) < 4.78 is 0. The molecule has 4 nitrogen and oxygen atoms in total. The molecular formula is C14H22N4S2. The first-order chi connectivity index (χ1) is 9.74. The minimum absolute atomic E-state index is 0.418. The van der Waals surface area contributed by atoms with E-state index in [1.165, 1.54) is 11.5 Å². The van der Waals surface area contributed by atoms with Gasteiger partial charge in [-0.2, -0.15) is 16.7 Å². The Balaban J connectivity index is 2.12. The summed E-state index contributed by atoms with van der Waals surface area (Å²) in [5.41, 5.74) is 0. The van der Waals surface area contributed by atoms with E-state index in [1.54, 1.807) is 11.3 Å². The van der Waals surface area contributed by atoms with Crippen LogP contribution in [0.4, 0.5) is 11.8 Å². The average molecular weight is 310 g/mol. The topological polar surface area (TPSA) is 49.8 Å². The lowest BCUT2D eigenvalue weighted by Crippen LogP contribution is -2.17. The van der Waals surface area contributed by atoms with Crippen LogP contribution in [0.15, 0.2) is 11.4 Å². The molecule has 0 amide bonds. The number of nitrogens with zero attached hydrogens (tertiary/aromatic N) is 2. The van der Waals surface area contributed by atoms with Gasteiger partial charge in [-0.1, -0.05) is 6.92 Å². The summed E-state index contributed by atoms with van der Waals surface area (Å²) in [6.07, 6.45) is 1.14. The number of aromatic nitrogens is 2. The van der Waals surface area contributed by atoms with Gasteiger partial charge in [-0.25, -0.2) is 4.98 Å². The molecule has 2 rings (SSSR count). The highest BCUT2D eigenvalue weighted by Crippen LogP contribution is 2.27. The SMILES string of the molecule is CCNc1nc(NC(C)CCSCC)c2ccsc2n1. The van der Waals surface area contributed by atoms with E-state index >= 15 is 0 Å². The van der Waals surface area contributed by atoms with Gasteiger partial charge in [0.15, 0.2) is 0 Å². The second-order valence-corrected chi connectivity index (χ2v) is 6.88. The van der Waals surface area contributed by atoms with E-state index in [0.29, 0.717) is 12.0 Å². The van der Waals surface area contributed by atoms with Crippen molar-refractivity contribution in [2.75, 3.05) is 28.7 Å². The zero-order valence-electron chi connectivity index (χ0n) is 12.3. The van der Waals surface area contributed by atoms with Crippen LogP contribution in [0, 0.1) is 0 Å². The average Bonchev–Trinajstić information content (AvgIpc) is 2.88. The number of hydrogen-bond acceptors (Lipinski definition) is 6. The van der Waals surface area contributed by atoms with Gasteiger partial charge in [-0.3, -0.25) is 0 Å². The Bertz CT molecular complexity index is 541. The maximum atomic E-state index is 4.60. The van der Waals surface area contributed by atoms with Crippen molar-refractivity contribution < 1.29 is 0 Å². The Labute approximate surface area is 128 Å². The molecule has 0 bridgehead atoms. The quantitative estimate of drug-likeness (QED) is 0.720. The van der Waals surface area contributed by atoms with Crippen LogP contribution in [0.3, 0.4) is 0 Å². The molecule has 0 saturated heterocycles. The minimum Gasteiger partial charge on any atom is -0.367 e. The number of thioether (sulfide) groups is 1. The van der Waals surface area contributed by atoms with Crippen molar-refractivity contribution in [1.29, 1.82) is 0 Å². The predicted octanol–water partition coefficient (Wildman–Crippen LogP) is 4.07. The molecule has 2 aromatic rings. The molecule has 1 unspecified atom stereocenters. The maximum absolute atomic E-state index is 4.60. The van der Waals surface area contributed by atoms with Crippen LogP contribution in [-0.2, 0) is 0 Å². The zero-order valence-corrected chi connectivity index (χ0v) is 13.9. The van der Waals surface area contributed by atoms with Crippen LogP contribution in [0.5, 0.6) is 0 Å². The lowest BCUT2D eigenvalue weighted by atomic mass is 10.2. The number of fused-ring (bicyclic) bond motifs is 1. The lowest BCUT2D eigenvalue weighted by Gasteiger charge is -2.15. The van der Waals surface area contributed by atoms with E-state index in [0.717, 1.165) is 29.0 Å². The van der Waals surface area contributed by atoms with E-state index in [1.807, 2.05) is 11.8 Å². The number of thiophene rings is 1. The van der Waals surface area contributed by atoms with Crippen molar-refractivity contribution in [2.45, 2.75) is 33.2 Å². The van der Waals surface area contributed by atoms with Crippen molar-refractivity contribution in [3.8, 4) is 0 Å². The molecule has 0 aliphatic heterocycles. The third kappa shape index (κ3) is 3.99. The molecule has 20 heavy (non-hydrogen) atoms. The molecule has 2 heterocycles. The molecule has 2 N–H and O–H groups in total. The highest BCUT2D eigenvalue weighted by Gasteiger charge is 2.11. The smallest absolute Gasteiger partial charge is 0.226 e. The summed E-state index contributed by atoms with van der Waals surface area (Å²) in [7, 11) is 0. The van der Waals surface area contributed by atoms with Crippen molar-refractivity contribution in [3.63, 3.8) is 0 Å². The van der Waals surface area contributed by atoms with Crippen molar-refractivity contribution in [2.24, 2.45) is 0 Å². The Morgan fingerprint density at radius 2 is 2.20 bits per heavy atom. The summed E-state index contributed by atoms with van der Waals surface area (Å²) in [5.74, 6) is 4.02. The fourth-order valence-electron chi connectivity index (χ4n) is 1.91. The maximum Gasteiger partial charge on any atom is 0.226 e. The highest BCUT2D eigenvalue weighted by atomic mass is 32.2. The van der Waals surface area contributed by atoms with Crippen LogP contribution < -0.4 is 10.6 Å². The molecule has 2 aromatic heterocycles. The fraction of sp³-hybridized carbons (Fsp3) is 0.571. The standard InChI is InChI=1S/C14H22N4S2/c1-4-15-14-17-12(11-7-9-20-13(11)18-14)16-10(3)6-8-19-5-2/h7,9-10H,4-6,8H2,1-3H3,(H2,15,16,17,18). The van der Waals surface area contributed by atoms with Gasteiger partial charge in [-0.15, -0.1) is 11.3 Å². The van der Waals surface area contributed by atoms with Gasteiger partial charge < -0.3 is 10.6 Å². The molecule has 0 fully saturated rings. The zero-order chi connectivity index (χ0) is 14.4. The van der Waals surface area contributed by atoms with E-state index in [9.17, 15) is 0 Å². The molecule has 1 atom stereocenters. The van der Waals surface area contributed by atoms with Gasteiger partial charge in [0.05, 0.1) is 5.39 Å². The molecule has 0 radical (unpaired) electrons. The van der Waals surface area contributed by atoms with Crippen LogP contribution in [-0.4, -0.2) is 34.1 Å². The monoisotopic (exact) mass is 310 g/mol. The summed E-state index contributed by atoms with van der Waals surface area (Å²) in [6, 6.07) is 2.51. The summed E-state index contributed by atoms with van der Waals surface area (Å²) >= 11 is 3.64. The minimum atomic E-state index is 0.418. The number of anilines is 2. The van der Waals surface area contributed by atoms with Crippen LogP contribution in [0.2, 0.25) is 0 Å². The number of rotatable bonds is 8. The second kappa shape index (κ2) is 7.69. The molecule has 0 spiro atoms. The van der Waals surface area contributed by atoms with E-state index in [4.69, 9.17) is 0 Å². The molecule has 110 valence electrons. The Morgan fingerprint density at radius 3 is 2.95 bits per heavy atom. The van der Waals surface area contributed by atoms with Gasteiger partial charge in [0, 0.05) is 12.6 Å².